The summed E-state index contributed by atoms with van der Waals surface area (Å²) in [6.45, 7) is -0.0310. The van der Waals surface area contributed by atoms with E-state index >= 15 is 0 Å². The van der Waals surface area contributed by atoms with Gasteiger partial charge in [0.2, 0.25) is 0 Å². The van der Waals surface area contributed by atoms with Crippen LogP contribution in [-0.4, -0.2) is 25.4 Å². The molecular formula is C10H12O3S. The molecule has 2 atom stereocenters. The van der Waals surface area contributed by atoms with Crippen LogP contribution in [0.1, 0.15) is 6.42 Å². The fourth-order valence-corrected chi connectivity index (χ4v) is 3.56. The van der Waals surface area contributed by atoms with E-state index in [4.69, 9.17) is 5.11 Å². The van der Waals surface area contributed by atoms with Gasteiger partial charge in [0.25, 0.3) is 0 Å². The maximum Gasteiger partial charge on any atom is 0.181 e. The van der Waals surface area contributed by atoms with Gasteiger partial charge in [0.1, 0.15) is 0 Å². The van der Waals surface area contributed by atoms with Gasteiger partial charge in [-0.1, -0.05) is 18.2 Å². The zero-order valence-corrected chi connectivity index (χ0v) is 8.44. The highest BCUT2D eigenvalue weighted by Crippen LogP contribution is 2.39. The highest BCUT2D eigenvalue weighted by molar-refractivity contribution is 7.92. The molecule has 0 aromatic heterocycles. The summed E-state index contributed by atoms with van der Waals surface area (Å²) in [6, 6.07) is 8.41. The molecule has 1 aromatic rings. The molecule has 0 saturated heterocycles. The van der Waals surface area contributed by atoms with Crippen molar-refractivity contribution < 1.29 is 13.5 Å². The van der Waals surface area contributed by atoms with Crippen molar-refractivity contribution in [3.63, 3.8) is 0 Å². The van der Waals surface area contributed by atoms with Crippen LogP contribution in [0.25, 0.3) is 0 Å². The summed E-state index contributed by atoms with van der Waals surface area (Å²) in [7, 11) is -3.19. The van der Waals surface area contributed by atoms with E-state index in [1.807, 2.05) is 0 Å². The second-order valence-electron chi connectivity index (χ2n) is 3.57. The Bertz CT molecular complexity index is 410. The molecule has 0 aliphatic heterocycles. The smallest absolute Gasteiger partial charge is 0.181 e. The average Bonchev–Trinajstić information content (AvgIpc) is 2.98. The van der Waals surface area contributed by atoms with E-state index in [1.54, 1.807) is 30.3 Å². The Balaban J connectivity index is 2.27. The second-order valence-corrected chi connectivity index (χ2v) is 5.74. The number of hydrogen-bond acceptors (Lipinski definition) is 3. The summed E-state index contributed by atoms with van der Waals surface area (Å²) in [4.78, 5) is 0.362. The van der Waals surface area contributed by atoms with Crippen molar-refractivity contribution in [3.8, 4) is 0 Å². The first-order valence-electron chi connectivity index (χ1n) is 4.56. The Morgan fingerprint density at radius 1 is 1.29 bits per heavy atom. The molecule has 1 aromatic carbocycles. The Kier molecular flexibility index (Phi) is 2.33. The molecule has 4 heteroatoms. The van der Waals surface area contributed by atoms with Crippen molar-refractivity contribution in [2.75, 3.05) is 6.61 Å². The highest BCUT2D eigenvalue weighted by atomic mass is 32.2. The summed E-state index contributed by atoms with van der Waals surface area (Å²) >= 11 is 0. The topological polar surface area (TPSA) is 54.4 Å². The van der Waals surface area contributed by atoms with Crippen LogP contribution in [0.5, 0.6) is 0 Å². The van der Waals surface area contributed by atoms with E-state index in [2.05, 4.69) is 0 Å². The molecule has 2 rings (SSSR count). The zero-order chi connectivity index (χ0) is 10.2. The first-order valence-corrected chi connectivity index (χ1v) is 6.10. The maximum absolute atomic E-state index is 11.9. The van der Waals surface area contributed by atoms with Crippen molar-refractivity contribution in [1.82, 2.24) is 0 Å². The lowest BCUT2D eigenvalue weighted by molar-refractivity contribution is 0.277. The van der Waals surface area contributed by atoms with Crippen LogP contribution >= 0.6 is 0 Å². The van der Waals surface area contributed by atoms with Crippen LogP contribution in [0.4, 0.5) is 0 Å². The molecule has 1 saturated carbocycles. The number of aliphatic hydroxyl groups is 1. The largest absolute Gasteiger partial charge is 0.396 e. The Labute approximate surface area is 83.3 Å². The standard InChI is InChI=1S/C10H12O3S/c11-7-8-6-10(8)14(12,13)9-4-2-1-3-5-9/h1-5,8,10-11H,6-7H2. The Morgan fingerprint density at radius 2 is 1.93 bits per heavy atom. The van der Waals surface area contributed by atoms with Crippen LogP contribution in [0.15, 0.2) is 35.2 Å². The molecular weight excluding hydrogens is 200 g/mol. The molecule has 3 nitrogen and oxygen atoms in total. The second kappa shape index (κ2) is 3.37. The van der Waals surface area contributed by atoms with Crippen molar-refractivity contribution in [2.24, 2.45) is 5.92 Å². The van der Waals surface area contributed by atoms with Gasteiger partial charge in [-0.3, -0.25) is 0 Å². The van der Waals surface area contributed by atoms with Crippen molar-refractivity contribution >= 4 is 9.84 Å². The number of rotatable bonds is 3. The molecule has 1 aliphatic carbocycles. The molecule has 1 N–H and O–H groups in total. The molecule has 0 radical (unpaired) electrons. The Morgan fingerprint density at radius 3 is 2.43 bits per heavy atom. The third-order valence-corrected chi connectivity index (χ3v) is 4.87. The van der Waals surface area contributed by atoms with Crippen molar-refractivity contribution in [3.05, 3.63) is 30.3 Å². The van der Waals surface area contributed by atoms with Gasteiger partial charge in [0, 0.05) is 12.5 Å². The number of aliphatic hydroxyl groups excluding tert-OH is 1. The van der Waals surface area contributed by atoms with Crippen LogP contribution in [-0.2, 0) is 9.84 Å². The van der Waals surface area contributed by atoms with Gasteiger partial charge in [0.15, 0.2) is 9.84 Å². The highest BCUT2D eigenvalue weighted by Gasteiger charge is 2.47. The van der Waals surface area contributed by atoms with E-state index in [0.717, 1.165) is 0 Å². The van der Waals surface area contributed by atoms with Crippen LogP contribution in [0.2, 0.25) is 0 Å². The predicted octanol–water partition coefficient (Wildman–Crippen LogP) is 0.841. The van der Waals surface area contributed by atoms with Crippen molar-refractivity contribution in [1.29, 1.82) is 0 Å². The number of benzene rings is 1. The third-order valence-electron chi connectivity index (χ3n) is 2.56. The maximum atomic E-state index is 11.9. The lowest BCUT2D eigenvalue weighted by atomic mass is 10.4. The van der Waals surface area contributed by atoms with E-state index in [9.17, 15) is 8.42 Å². The van der Waals surface area contributed by atoms with Crippen molar-refractivity contribution in [2.45, 2.75) is 16.6 Å². The molecule has 0 bridgehead atoms. The summed E-state index contributed by atoms with van der Waals surface area (Å²) in [5, 5.41) is 8.46. The minimum atomic E-state index is -3.19. The minimum absolute atomic E-state index is 0.0310. The van der Waals surface area contributed by atoms with E-state index in [0.29, 0.717) is 11.3 Å². The van der Waals surface area contributed by atoms with Gasteiger partial charge in [-0.15, -0.1) is 0 Å². The minimum Gasteiger partial charge on any atom is -0.396 e. The monoisotopic (exact) mass is 212 g/mol. The fraction of sp³-hybridized carbons (Fsp3) is 0.400. The molecule has 14 heavy (non-hydrogen) atoms. The predicted molar refractivity (Wildman–Crippen MR) is 52.6 cm³/mol. The van der Waals surface area contributed by atoms with Crippen LogP contribution < -0.4 is 0 Å². The first kappa shape index (κ1) is 9.68. The molecule has 1 fully saturated rings. The number of hydrogen-bond donors (Lipinski definition) is 1. The normalized spacial score (nSPS) is 26.1. The molecule has 1 aliphatic rings. The van der Waals surface area contributed by atoms with Gasteiger partial charge in [-0.2, -0.15) is 0 Å². The average molecular weight is 212 g/mol. The molecule has 0 spiro atoms. The van der Waals surface area contributed by atoms with Gasteiger partial charge < -0.3 is 5.11 Å². The van der Waals surface area contributed by atoms with Crippen LogP contribution in [0, 0.1) is 5.92 Å². The molecule has 76 valence electrons. The van der Waals surface area contributed by atoms with Gasteiger partial charge in [0.05, 0.1) is 10.1 Å². The lowest BCUT2D eigenvalue weighted by Crippen LogP contribution is -2.10. The number of sulfone groups is 1. The molecule has 0 heterocycles. The van der Waals surface area contributed by atoms with E-state index in [-0.39, 0.29) is 17.8 Å². The first-order chi connectivity index (χ1) is 6.66. The fourth-order valence-electron chi connectivity index (χ4n) is 1.58. The Hall–Kier alpha value is -0.870. The van der Waals surface area contributed by atoms with Gasteiger partial charge in [-0.05, 0) is 18.6 Å². The van der Waals surface area contributed by atoms with Gasteiger partial charge >= 0.3 is 0 Å². The summed E-state index contributed by atoms with van der Waals surface area (Å²) < 4.78 is 23.7. The summed E-state index contributed by atoms with van der Waals surface area (Å²) in [6.07, 6.45) is 0.591. The van der Waals surface area contributed by atoms with E-state index in [1.165, 1.54) is 0 Å². The summed E-state index contributed by atoms with van der Waals surface area (Å²) in [5.41, 5.74) is 0. The molecule has 0 amide bonds. The van der Waals surface area contributed by atoms with E-state index < -0.39 is 9.84 Å². The summed E-state index contributed by atoms with van der Waals surface area (Å²) in [5.74, 6) is -0.0554. The lowest BCUT2D eigenvalue weighted by Gasteiger charge is -2.01. The van der Waals surface area contributed by atoms with Crippen LogP contribution in [0.3, 0.4) is 0 Å². The van der Waals surface area contributed by atoms with Gasteiger partial charge in [-0.25, -0.2) is 8.42 Å². The quantitative estimate of drug-likeness (QED) is 0.807. The zero-order valence-electron chi connectivity index (χ0n) is 7.63. The molecule has 2 unspecified atom stereocenters. The third kappa shape index (κ3) is 1.55. The SMILES string of the molecule is O=S(=O)(c1ccccc1)C1CC1CO.